The first-order valence-corrected chi connectivity index (χ1v) is 5.74. The van der Waals surface area contributed by atoms with Crippen LogP contribution in [0.15, 0.2) is 12.5 Å². The molecule has 3 rings (SSSR count). The van der Waals surface area contributed by atoms with Crippen LogP contribution in [0.4, 0.5) is 5.82 Å². The van der Waals surface area contributed by atoms with Crippen molar-refractivity contribution in [2.75, 3.05) is 12.3 Å². The summed E-state index contributed by atoms with van der Waals surface area (Å²) < 4.78 is 0. The number of hydrogen-bond acceptors (Lipinski definition) is 5. The highest BCUT2D eigenvalue weighted by atomic mass is 16.3. The third-order valence-electron chi connectivity index (χ3n) is 3.36. The van der Waals surface area contributed by atoms with Crippen molar-refractivity contribution in [3.05, 3.63) is 18.1 Å². The zero-order valence-corrected chi connectivity index (χ0v) is 9.85. The Morgan fingerprint density at radius 3 is 2.94 bits per heavy atom. The van der Waals surface area contributed by atoms with Crippen molar-refractivity contribution >= 4 is 16.9 Å². The van der Waals surface area contributed by atoms with Gasteiger partial charge in [-0.3, -0.25) is 0 Å². The van der Waals surface area contributed by atoms with Crippen LogP contribution in [0.25, 0.3) is 11.0 Å². The van der Waals surface area contributed by atoms with Gasteiger partial charge in [0, 0.05) is 23.8 Å². The summed E-state index contributed by atoms with van der Waals surface area (Å²) >= 11 is 0. The van der Waals surface area contributed by atoms with Crippen molar-refractivity contribution in [3.8, 4) is 0 Å². The fourth-order valence-electron chi connectivity index (χ4n) is 2.45. The highest BCUT2D eigenvalue weighted by molar-refractivity contribution is 5.87. The van der Waals surface area contributed by atoms with Gasteiger partial charge in [0.05, 0.1) is 12.1 Å². The molecule has 0 aliphatic carbocycles. The molecule has 0 saturated carbocycles. The molecule has 2 aromatic heterocycles. The van der Waals surface area contributed by atoms with Crippen LogP contribution in [0.5, 0.6) is 0 Å². The number of nitrogens with two attached hydrogens (primary N) is 1. The van der Waals surface area contributed by atoms with Gasteiger partial charge in [0.2, 0.25) is 0 Å². The minimum atomic E-state index is 0. The molecule has 7 nitrogen and oxygen atoms in total. The van der Waals surface area contributed by atoms with Crippen molar-refractivity contribution in [2.24, 2.45) is 0 Å². The van der Waals surface area contributed by atoms with Crippen molar-refractivity contribution < 1.29 is 10.6 Å². The first kappa shape index (κ1) is 12.7. The zero-order valence-electron chi connectivity index (χ0n) is 9.85. The number of rotatable bonds is 2. The first-order valence-electron chi connectivity index (χ1n) is 5.74. The molecule has 7 N–H and O–H groups in total. The largest absolute Gasteiger partial charge is 0.412 e. The fraction of sp³-hybridized carbons (Fsp3) is 0.455. The van der Waals surface area contributed by atoms with Crippen LogP contribution in [0.3, 0.4) is 0 Å². The van der Waals surface area contributed by atoms with E-state index in [9.17, 15) is 0 Å². The SMILES string of the molecule is Nc1ncnc2c(C3CCC(CO)N3)c[nH]c12.O. The third kappa shape index (κ3) is 1.92. The van der Waals surface area contributed by atoms with E-state index in [-0.39, 0.29) is 24.2 Å². The average molecular weight is 251 g/mol. The minimum Gasteiger partial charge on any atom is -0.412 e. The summed E-state index contributed by atoms with van der Waals surface area (Å²) in [5, 5.41) is 12.5. The molecule has 18 heavy (non-hydrogen) atoms. The average Bonchev–Trinajstić information content (AvgIpc) is 2.94. The summed E-state index contributed by atoms with van der Waals surface area (Å²) in [6.07, 6.45) is 5.39. The van der Waals surface area contributed by atoms with E-state index in [1.54, 1.807) is 0 Å². The second-order valence-corrected chi connectivity index (χ2v) is 4.40. The number of aliphatic hydroxyl groups excluding tert-OH is 1. The highest BCUT2D eigenvalue weighted by Crippen LogP contribution is 2.31. The van der Waals surface area contributed by atoms with Crippen molar-refractivity contribution in [3.63, 3.8) is 0 Å². The number of nitrogens with zero attached hydrogens (tertiary/aromatic N) is 2. The number of nitrogen functional groups attached to an aromatic ring is 1. The number of aromatic amines is 1. The molecule has 2 unspecified atom stereocenters. The topological polar surface area (TPSA) is 131 Å². The summed E-state index contributed by atoms with van der Waals surface area (Å²) in [7, 11) is 0. The summed E-state index contributed by atoms with van der Waals surface area (Å²) in [5.41, 5.74) is 8.54. The number of anilines is 1. The van der Waals surface area contributed by atoms with Gasteiger partial charge in [-0.2, -0.15) is 0 Å². The fourth-order valence-corrected chi connectivity index (χ4v) is 2.45. The molecule has 1 aliphatic rings. The van der Waals surface area contributed by atoms with Crippen molar-refractivity contribution in [1.82, 2.24) is 20.3 Å². The van der Waals surface area contributed by atoms with Gasteiger partial charge < -0.3 is 26.6 Å². The second-order valence-electron chi connectivity index (χ2n) is 4.40. The Labute approximate surface area is 104 Å². The second kappa shape index (κ2) is 4.89. The lowest BCUT2D eigenvalue weighted by molar-refractivity contribution is 0.252. The van der Waals surface area contributed by atoms with Crippen LogP contribution >= 0.6 is 0 Å². The maximum absolute atomic E-state index is 9.12. The minimum absolute atomic E-state index is 0. The Morgan fingerprint density at radius 1 is 1.39 bits per heavy atom. The number of aromatic nitrogens is 3. The van der Waals surface area contributed by atoms with Gasteiger partial charge in [0.15, 0.2) is 5.82 Å². The molecule has 2 atom stereocenters. The molecule has 1 saturated heterocycles. The molecular weight excluding hydrogens is 234 g/mol. The monoisotopic (exact) mass is 251 g/mol. The Morgan fingerprint density at radius 2 is 2.22 bits per heavy atom. The lowest BCUT2D eigenvalue weighted by Crippen LogP contribution is -2.27. The van der Waals surface area contributed by atoms with Gasteiger partial charge >= 0.3 is 0 Å². The maximum atomic E-state index is 9.12. The van der Waals surface area contributed by atoms with Gasteiger partial charge in [-0.15, -0.1) is 0 Å². The van der Waals surface area contributed by atoms with Gasteiger partial charge in [0.25, 0.3) is 0 Å². The number of H-pyrrole nitrogens is 1. The molecule has 0 spiro atoms. The van der Waals surface area contributed by atoms with E-state index in [0.29, 0.717) is 5.82 Å². The lowest BCUT2D eigenvalue weighted by Gasteiger charge is -2.11. The number of fused-ring (bicyclic) bond motifs is 1. The number of nitrogens with one attached hydrogen (secondary N) is 2. The number of hydrogen-bond donors (Lipinski definition) is 4. The lowest BCUT2D eigenvalue weighted by atomic mass is 10.1. The van der Waals surface area contributed by atoms with E-state index in [1.165, 1.54) is 6.33 Å². The van der Waals surface area contributed by atoms with Crippen LogP contribution in [0.2, 0.25) is 0 Å². The summed E-state index contributed by atoms with van der Waals surface area (Å²) in [6, 6.07) is 0.416. The Balaban J connectivity index is 0.00000120. The molecule has 1 fully saturated rings. The molecule has 98 valence electrons. The molecule has 3 heterocycles. The number of aliphatic hydroxyl groups is 1. The summed E-state index contributed by atoms with van der Waals surface area (Å²) in [5.74, 6) is 0.470. The Bertz CT molecular complexity index is 541. The smallest absolute Gasteiger partial charge is 0.151 e. The van der Waals surface area contributed by atoms with E-state index in [1.807, 2.05) is 6.20 Å². The normalized spacial score (nSPS) is 23.2. The van der Waals surface area contributed by atoms with E-state index in [0.717, 1.165) is 29.4 Å². The predicted molar refractivity (Wildman–Crippen MR) is 67.9 cm³/mol. The Kier molecular flexibility index (Phi) is 3.46. The Hall–Kier alpha value is -1.70. The van der Waals surface area contributed by atoms with Crippen LogP contribution in [-0.4, -0.2) is 38.2 Å². The molecule has 1 aliphatic heterocycles. The predicted octanol–water partition coefficient (Wildman–Crippen LogP) is -0.499. The van der Waals surface area contributed by atoms with Crippen LogP contribution < -0.4 is 11.1 Å². The highest BCUT2D eigenvalue weighted by Gasteiger charge is 2.26. The molecule has 0 amide bonds. The van der Waals surface area contributed by atoms with Gasteiger partial charge in [-0.05, 0) is 12.8 Å². The standard InChI is InChI=1S/C11H15N5O.H2O/c12-11-10-9(14-5-15-11)7(3-13-10)8-2-1-6(4-17)16-8;/h3,5-6,8,13,16-17H,1-2,4H2,(H2,12,14,15);1H2. The van der Waals surface area contributed by atoms with E-state index in [2.05, 4.69) is 20.3 Å². The molecule has 0 bridgehead atoms. The van der Waals surface area contributed by atoms with E-state index < -0.39 is 0 Å². The maximum Gasteiger partial charge on any atom is 0.151 e. The summed E-state index contributed by atoms with van der Waals surface area (Å²) in [4.78, 5) is 11.3. The van der Waals surface area contributed by atoms with Crippen LogP contribution in [0, 0.1) is 0 Å². The molecule has 2 aromatic rings. The first-order chi connectivity index (χ1) is 8.29. The van der Waals surface area contributed by atoms with Gasteiger partial charge in [-0.1, -0.05) is 0 Å². The van der Waals surface area contributed by atoms with Crippen LogP contribution in [0.1, 0.15) is 24.4 Å². The molecule has 7 heteroatoms. The van der Waals surface area contributed by atoms with Crippen molar-refractivity contribution in [2.45, 2.75) is 24.9 Å². The zero-order chi connectivity index (χ0) is 11.8. The van der Waals surface area contributed by atoms with Gasteiger partial charge in [-0.25, -0.2) is 9.97 Å². The van der Waals surface area contributed by atoms with Crippen LogP contribution in [-0.2, 0) is 0 Å². The van der Waals surface area contributed by atoms with Crippen molar-refractivity contribution in [1.29, 1.82) is 0 Å². The van der Waals surface area contributed by atoms with E-state index in [4.69, 9.17) is 10.8 Å². The quantitative estimate of drug-likeness (QED) is 0.571. The third-order valence-corrected chi connectivity index (χ3v) is 3.36. The van der Waals surface area contributed by atoms with Gasteiger partial charge in [0.1, 0.15) is 11.8 Å². The molecular formula is C11H17N5O2. The molecule has 0 radical (unpaired) electrons. The summed E-state index contributed by atoms with van der Waals surface area (Å²) in [6.45, 7) is 0.177. The van der Waals surface area contributed by atoms with E-state index >= 15 is 0 Å². The molecule has 0 aromatic carbocycles.